The number of halogens is 1. The summed E-state index contributed by atoms with van der Waals surface area (Å²) in [6.45, 7) is 4.69. The lowest BCUT2D eigenvalue weighted by Gasteiger charge is -2.30. The van der Waals surface area contributed by atoms with Crippen LogP contribution in [0.4, 0.5) is 11.6 Å². The van der Waals surface area contributed by atoms with Crippen molar-refractivity contribution in [2.45, 2.75) is 19.8 Å². The van der Waals surface area contributed by atoms with Crippen molar-refractivity contribution in [1.82, 2.24) is 20.6 Å². The third kappa shape index (κ3) is 7.69. The second-order valence-electron chi connectivity index (χ2n) is 8.10. The molecule has 0 atom stereocenters. The highest BCUT2D eigenvalue weighted by Gasteiger charge is 2.18. The average Bonchev–Trinajstić information content (AvgIpc) is 2.70. The van der Waals surface area contributed by atoms with Crippen molar-refractivity contribution in [3.8, 4) is 0 Å². The molecule has 1 heterocycles. The number of aryl methyl sites for hydroxylation is 1. The van der Waals surface area contributed by atoms with E-state index in [1.165, 1.54) is 0 Å². The molecule has 0 aliphatic rings. The van der Waals surface area contributed by atoms with Crippen LogP contribution in [-0.2, 0) is 0 Å². The Balaban J connectivity index is 1.67. The molecule has 10 heteroatoms. The summed E-state index contributed by atoms with van der Waals surface area (Å²) < 4.78 is 0.718. The molecule has 0 radical (unpaired) electrons. The van der Waals surface area contributed by atoms with Gasteiger partial charge in [0.25, 0.3) is 11.8 Å². The number of nitrogens with one attached hydrogen (secondary N) is 2. The Labute approximate surface area is 187 Å². The topological polar surface area (TPSA) is 136 Å². The van der Waals surface area contributed by atoms with Gasteiger partial charge < -0.3 is 26.6 Å². The van der Waals surface area contributed by atoms with Crippen molar-refractivity contribution >= 4 is 35.1 Å². The maximum absolute atomic E-state index is 12.3. The highest BCUT2D eigenvalue weighted by atomic mass is 35.5. The number of anilines is 2. The molecule has 0 unspecified atom stereocenters. The Hall–Kier alpha value is -2.91. The van der Waals surface area contributed by atoms with Gasteiger partial charge in [0.15, 0.2) is 22.5 Å². The molecule has 1 aromatic carbocycles. The first kappa shape index (κ1) is 24.4. The van der Waals surface area contributed by atoms with Crippen LogP contribution in [0.1, 0.15) is 39.3 Å². The second kappa shape index (κ2) is 10.9. The molecule has 2 rings (SSSR count). The van der Waals surface area contributed by atoms with E-state index < -0.39 is 5.91 Å². The van der Waals surface area contributed by atoms with E-state index in [1.54, 1.807) is 0 Å². The smallest absolute Gasteiger partial charge is 0.273 e. The monoisotopic (exact) mass is 448 g/mol. The largest absolute Gasteiger partial charge is 0.382 e. The van der Waals surface area contributed by atoms with Crippen molar-refractivity contribution in [3.05, 3.63) is 46.2 Å². The van der Waals surface area contributed by atoms with Crippen LogP contribution in [-0.4, -0.2) is 66.5 Å². The predicted octanol–water partition coefficient (Wildman–Crippen LogP) is 1.62. The molecule has 0 saturated carbocycles. The van der Waals surface area contributed by atoms with E-state index in [0.717, 1.165) is 36.0 Å². The van der Waals surface area contributed by atoms with Gasteiger partial charge in [-0.2, -0.15) is 0 Å². The zero-order valence-corrected chi connectivity index (χ0v) is 19.0. The van der Waals surface area contributed by atoms with Gasteiger partial charge in [0.05, 0.1) is 33.7 Å². The van der Waals surface area contributed by atoms with E-state index in [2.05, 4.69) is 34.7 Å². The number of rotatable bonds is 10. The Bertz CT molecular complexity index is 917. The van der Waals surface area contributed by atoms with Crippen LogP contribution in [0, 0.1) is 6.92 Å². The number of nitrogens with zero attached hydrogens (tertiary/aromatic N) is 3. The van der Waals surface area contributed by atoms with Gasteiger partial charge in [-0.1, -0.05) is 29.3 Å². The standard InChI is InChI=1S/C21H30ClN7O2/c1-14-6-8-15(9-7-14)20(30)25-10-4-5-12-29(2,3)13-11-26-21(31)16-18(23)28-19(24)17(22)27-16/h6-9H,4-5,10-13H2,1-3H3,(H5-,23,24,25,26,28,30,31)/p+1. The van der Waals surface area contributed by atoms with Gasteiger partial charge in [0.2, 0.25) is 0 Å². The third-order valence-corrected chi connectivity index (χ3v) is 5.19. The van der Waals surface area contributed by atoms with E-state index in [9.17, 15) is 9.59 Å². The minimum atomic E-state index is -0.439. The van der Waals surface area contributed by atoms with Crippen LogP contribution in [0.3, 0.4) is 0 Å². The number of nitrogens with two attached hydrogens (primary N) is 2. The minimum Gasteiger partial charge on any atom is -0.382 e. The number of quaternary nitrogens is 1. The maximum Gasteiger partial charge on any atom is 0.273 e. The van der Waals surface area contributed by atoms with E-state index in [-0.39, 0.29) is 28.4 Å². The molecule has 0 aliphatic carbocycles. The summed E-state index contributed by atoms with van der Waals surface area (Å²) in [7, 11) is 4.18. The molecule has 2 amide bonds. The van der Waals surface area contributed by atoms with Crippen LogP contribution in [0.2, 0.25) is 5.15 Å². The lowest BCUT2D eigenvalue weighted by molar-refractivity contribution is -0.889. The van der Waals surface area contributed by atoms with Gasteiger partial charge in [-0.25, -0.2) is 9.97 Å². The third-order valence-electron chi connectivity index (χ3n) is 4.91. The second-order valence-corrected chi connectivity index (χ2v) is 8.46. The fourth-order valence-corrected chi connectivity index (χ4v) is 3.08. The summed E-state index contributed by atoms with van der Waals surface area (Å²) in [4.78, 5) is 32.1. The fourth-order valence-electron chi connectivity index (χ4n) is 2.95. The first-order chi connectivity index (χ1) is 14.6. The summed E-state index contributed by atoms with van der Waals surface area (Å²) in [6.07, 6.45) is 1.82. The van der Waals surface area contributed by atoms with E-state index in [0.29, 0.717) is 18.7 Å². The first-order valence-electron chi connectivity index (χ1n) is 10.1. The number of hydrogen-bond acceptors (Lipinski definition) is 6. The van der Waals surface area contributed by atoms with Gasteiger partial charge >= 0.3 is 0 Å². The number of hydrogen-bond donors (Lipinski definition) is 4. The number of benzene rings is 1. The molecule has 168 valence electrons. The molecule has 31 heavy (non-hydrogen) atoms. The molecule has 9 nitrogen and oxygen atoms in total. The van der Waals surface area contributed by atoms with E-state index >= 15 is 0 Å². The SMILES string of the molecule is Cc1ccc(C(=O)NCCCC[N+](C)(C)CCNC(=O)c2nc(Cl)c(N)nc2N)cc1. The van der Waals surface area contributed by atoms with Gasteiger partial charge in [-0.05, 0) is 31.9 Å². The lowest BCUT2D eigenvalue weighted by atomic mass is 10.1. The normalized spacial score (nSPS) is 11.2. The predicted molar refractivity (Wildman–Crippen MR) is 123 cm³/mol. The lowest BCUT2D eigenvalue weighted by Crippen LogP contribution is -2.46. The van der Waals surface area contributed by atoms with Crippen LogP contribution < -0.4 is 22.1 Å². The Morgan fingerprint density at radius 1 is 0.935 bits per heavy atom. The van der Waals surface area contributed by atoms with Gasteiger partial charge in [0, 0.05) is 12.1 Å². The molecular formula is C21H31ClN7O2+. The maximum atomic E-state index is 12.3. The fraction of sp³-hybridized carbons (Fsp3) is 0.429. The molecule has 0 spiro atoms. The van der Waals surface area contributed by atoms with Crippen molar-refractivity contribution in [2.24, 2.45) is 0 Å². The molecule has 0 bridgehead atoms. The van der Waals surface area contributed by atoms with E-state index in [4.69, 9.17) is 23.1 Å². The summed E-state index contributed by atoms with van der Waals surface area (Å²) in [5, 5.41) is 5.68. The number of unbranched alkanes of at least 4 members (excludes halogenated alkanes) is 1. The van der Waals surface area contributed by atoms with Crippen LogP contribution in [0.25, 0.3) is 0 Å². The number of carbonyl (C=O) groups excluding carboxylic acids is 2. The van der Waals surface area contributed by atoms with Crippen molar-refractivity contribution in [2.75, 3.05) is 51.7 Å². The quantitative estimate of drug-likeness (QED) is 0.322. The van der Waals surface area contributed by atoms with Crippen molar-refractivity contribution in [1.29, 1.82) is 0 Å². The molecule has 6 N–H and O–H groups in total. The van der Waals surface area contributed by atoms with Crippen LogP contribution in [0.5, 0.6) is 0 Å². The zero-order chi connectivity index (χ0) is 23.0. The van der Waals surface area contributed by atoms with Gasteiger partial charge in [-0.15, -0.1) is 0 Å². The average molecular weight is 449 g/mol. The highest BCUT2D eigenvalue weighted by molar-refractivity contribution is 6.31. The molecule has 0 fully saturated rings. The summed E-state index contributed by atoms with van der Waals surface area (Å²) in [6, 6.07) is 7.51. The number of likely N-dealkylation sites (N-methyl/N-ethyl adjacent to an activating group) is 1. The molecule has 0 saturated heterocycles. The Morgan fingerprint density at radius 2 is 1.58 bits per heavy atom. The zero-order valence-electron chi connectivity index (χ0n) is 18.2. The number of amides is 2. The van der Waals surface area contributed by atoms with Crippen LogP contribution >= 0.6 is 11.6 Å². The Morgan fingerprint density at radius 3 is 2.26 bits per heavy atom. The molecular weight excluding hydrogens is 418 g/mol. The van der Waals surface area contributed by atoms with Crippen molar-refractivity contribution < 1.29 is 14.1 Å². The summed E-state index contributed by atoms with van der Waals surface area (Å²) in [5.41, 5.74) is 13.0. The van der Waals surface area contributed by atoms with Crippen LogP contribution in [0.15, 0.2) is 24.3 Å². The number of nitrogen functional groups attached to an aromatic ring is 2. The summed E-state index contributed by atoms with van der Waals surface area (Å²) >= 11 is 5.82. The summed E-state index contributed by atoms with van der Waals surface area (Å²) in [5.74, 6) is -0.559. The number of carbonyl (C=O) groups is 2. The van der Waals surface area contributed by atoms with E-state index in [1.807, 2.05) is 31.2 Å². The number of aromatic nitrogens is 2. The molecule has 2 aromatic rings. The van der Waals surface area contributed by atoms with Gasteiger partial charge in [0.1, 0.15) is 0 Å². The van der Waals surface area contributed by atoms with Gasteiger partial charge in [-0.3, -0.25) is 9.59 Å². The molecule has 0 aliphatic heterocycles. The first-order valence-corrected chi connectivity index (χ1v) is 10.5. The molecule has 1 aromatic heterocycles. The highest BCUT2D eigenvalue weighted by Crippen LogP contribution is 2.17. The van der Waals surface area contributed by atoms with Crippen molar-refractivity contribution in [3.63, 3.8) is 0 Å². The Kier molecular flexibility index (Phi) is 8.58. The minimum absolute atomic E-state index is 0.0106.